The van der Waals surface area contributed by atoms with E-state index in [2.05, 4.69) is 60.3 Å². The van der Waals surface area contributed by atoms with E-state index in [0.29, 0.717) is 27.8 Å². The second-order valence-electron chi connectivity index (χ2n) is 6.97. The van der Waals surface area contributed by atoms with Crippen LogP contribution in [0.5, 0.6) is 0 Å². The van der Waals surface area contributed by atoms with Gasteiger partial charge in [0.2, 0.25) is 5.91 Å². The van der Waals surface area contributed by atoms with E-state index in [4.69, 9.17) is 0 Å². The van der Waals surface area contributed by atoms with E-state index in [0.717, 1.165) is 24.0 Å². The fraction of sp³-hybridized carbons (Fsp3) is 0.381. The molecule has 0 aliphatic rings. The van der Waals surface area contributed by atoms with Gasteiger partial charge in [0.05, 0.1) is 11.1 Å². The maximum Gasteiger partial charge on any atom is 0.260 e. The zero-order valence-electron chi connectivity index (χ0n) is 16.4. The molecule has 0 saturated heterocycles. The van der Waals surface area contributed by atoms with Crippen molar-refractivity contribution in [1.82, 2.24) is 15.3 Å². The van der Waals surface area contributed by atoms with Crippen LogP contribution in [0.25, 0.3) is 21.3 Å². The lowest BCUT2D eigenvalue weighted by molar-refractivity contribution is -0.118. The molecule has 0 atom stereocenters. The summed E-state index contributed by atoms with van der Waals surface area (Å²) in [5.41, 5.74) is 3.02. The minimum atomic E-state index is -0.164. The van der Waals surface area contributed by atoms with Gasteiger partial charge in [-0.15, -0.1) is 11.3 Å². The number of benzene rings is 1. The highest BCUT2D eigenvalue weighted by Crippen LogP contribution is 2.32. The molecule has 0 unspecified atom stereocenters. The van der Waals surface area contributed by atoms with Gasteiger partial charge in [-0.1, -0.05) is 63.2 Å². The van der Waals surface area contributed by atoms with Crippen molar-refractivity contribution in [1.29, 1.82) is 0 Å². The first-order chi connectivity index (χ1) is 13.5. The molecule has 0 bridgehead atoms. The highest BCUT2D eigenvalue weighted by Gasteiger charge is 2.14. The van der Waals surface area contributed by atoms with Crippen LogP contribution in [-0.4, -0.2) is 28.2 Å². The van der Waals surface area contributed by atoms with Crippen molar-refractivity contribution in [2.75, 3.05) is 12.3 Å². The van der Waals surface area contributed by atoms with E-state index in [-0.39, 0.29) is 17.2 Å². The zero-order chi connectivity index (χ0) is 20.1. The highest BCUT2D eigenvalue weighted by molar-refractivity contribution is 7.99. The topological polar surface area (TPSA) is 74.8 Å². The number of carbonyl (C=O) groups is 1. The van der Waals surface area contributed by atoms with Gasteiger partial charge in [-0.3, -0.25) is 9.59 Å². The molecule has 28 heavy (non-hydrogen) atoms. The zero-order valence-corrected chi connectivity index (χ0v) is 18.0. The van der Waals surface area contributed by atoms with Crippen molar-refractivity contribution < 1.29 is 4.79 Å². The Labute approximate surface area is 173 Å². The van der Waals surface area contributed by atoms with Gasteiger partial charge in [0.1, 0.15) is 4.83 Å². The average molecular weight is 416 g/mol. The molecular weight excluding hydrogens is 390 g/mol. The molecule has 0 spiro atoms. The van der Waals surface area contributed by atoms with Crippen LogP contribution in [0.4, 0.5) is 0 Å². The minimum Gasteiger partial charge on any atom is -0.355 e. The van der Waals surface area contributed by atoms with Crippen LogP contribution < -0.4 is 10.9 Å². The molecular formula is C21H25N3O2S2. The van der Waals surface area contributed by atoms with Crippen molar-refractivity contribution in [3.05, 3.63) is 45.6 Å². The standard InChI is InChI=1S/C21H25N3O2S2/c1-4-5-10-22-17(25)12-28-21-23-19(26)18-16(11-27-20(18)24-21)15-8-6-14(7-9-15)13(2)3/h6-9,11,13H,4-5,10,12H2,1-3H3,(H,22,25)(H,23,24,26). The lowest BCUT2D eigenvalue weighted by atomic mass is 9.99. The Morgan fingerprint density at radius 1 is 1.29 bits per heavy atom. The summed E-state index contributed by atoms with van der Waals surface area (Å²) in [4.78, 5) is 32.6. The molecule has 0 fully saturated rings. The van der Waals surface area contributed by atoms with Crippen molar-refractivity contribution in [3.63, 3.8) is 0 Å². The molecule has 7 heteroatoms. The molecule has 1 aromatic carbocycles. The van der Waals surface area contributed by atoms with Gasteiger partial charge in [0.15, 0.2) is 5.16 Å². The fourth-order valence-electron chi connectivity index (χ4n) is 2.85. The quantitative estimate of drug-likeness (QED) is 0.315. The van der Waals surface area contributed by atoms with Gasteiger partial charge >= 0.3 is 0 Å². The number of aromatic nitrogens is 2. The number of thiophene rings is 1. The van der Waals surface area contributed by atoms with E-state index in [1.165, 1.54) is 28.7 Å². The summed E-state index contributed by atoms with van der Waals surface area (Å²) in [6, 6.07) is 8.32. The summed E-state index contributed by atoms with van der Waals surface area (Å²) in [6.07, 6.45) is 2.01. The largest absolute Gasteiger partial charge is 0.355 e. The normalized spacial score (nSPS) is 11.3. The smallest absolute Gasteiger partial charge is 0.260 e. The minimum absolute atomic E-state index is 0.0432. The number of rotatable bonds is 8. The van der Waals surface area contributed by atoms with E-state index in [9.17, 15) is 9.59 Å². The Balaban J connectivity index is 1.78. The number of aromatic amines is 1. The lowest BCUT2D eigenvalue weighted by Crippen LogP contribution is -2.26. The Hall–Kier alpha value is -2.12. The third-order valence-corrected chi connectivity index (χ3v) is 6.25. The molecule has 0 radical (unpaired) electrons. The summed E-state index contributed by atoms with van der Waals surface area (Å²) >= 11 is 2.71. The number of H-pyrrole nitrogens is 1. The van der Waals surface area contributed by atoms with Crippen LogP contribution >= 0.6 is 23.1 Å². The lowest BCUT2D eigenvalue weighted by Gasteiger charge is -2.06. The van der Waals surface area contributed by atoms with Gasteiger partial charge in [-0.2, -0.15) is 0 Å². The predicted octanol–water partition coefficient (Wildman–Crippen LogP) is 4.78. The van der Waals surface area contributed by atoms with Gasteiger partial charge in [0, 0.05) is 17.5 Å². The Morgan fingerprint density at radius 3 is 2.71 bits per heavy atom. The summed E-state index contributed by atoms with van der Waals surface area (Å²) < 4.78 is 0. The Morgan fingerprint density at radius 2 is 2.04 bits per heavy atom. The maximum absolute atomic E-state index is 12.7. The van der Waals surface area contributed by atoms with Crippen LogP contribution in [-0.2, 0) is 4.79 Å². The highest BCUT2D eigenvalue weighted by atomic mass is 32.2. The molecule has 148 valence electrons. The molecule has 2 N–H and O–H groups in total. The summed E-state index contributed by atoms with van der Waals surface area (Å²) in [6.45, 7) is 7.08. The fourth-order valence-corrected chi connectivity index (χ4v) is 4.54. The molecule has 5 nitrogen and oxygen atoms in total. The van der Waals surface area contributed by atoms with Gasteiger partial charge in [0.25, 0.3) is 5.56 Å². The van der Waals surface area contributed by atoms with Crippen molar-refractivity contribution >= 4 is 39.2 Å². The van der Waals surface area contributed by atoms with Crippen LogP contribution in [0.2, 0.25) is 0 Å². The first kappa shape index (κ1) is 20.6. The number of nitrogens with zero attached hydrogens (tertiary/aromatic N) is 1. The number of hydrogen-bond acceptors (Lipinski definition) is 5. The molecule has 3 aromatic rings. The number of carbonyl (C=O) groups excluding carboxylic acids is 1. The molecule has 2 aromatic heterocycles. The Bertz CT molecular complexity index is 1010. The number of amides is 1. The van der Waals surface area contributed by atoms with Crippen LogP contribution in [0.3, 0.4) is 0 Å². The molecule has 1 amide bonds. The van der Waals surface area contributed by atoms with E-state index in [1.54, 1.807) is 0 Å². The third-order valence-electron chi connectivity index (χ3n) is 4.50. The Kier molecular flexibility index (Phi) is 6.91. The summed E-state index contributed by atoms with van der Waals surface area (Å²) in [5, 5.41) is 5.93. The maximum atomic E-state index is 12.7. The van der Waals surface area contributed by atoms with Crippen LogP contribution in [0, 0.1) is 0 Å². The first-order valence-electron chi connectivity index (χ1n) is 9.51. The monoisotopic (exact) mass is 415 g/mol. The van der Waals surface area contributed by atoms with Crippen LogP contribution in [0.15, 0.2) is 39.6 Å². The number of nitrogens with one attached hydrogen (secondary N) is 2. The average Bonchev–Trinajstić information content (AvgIpc) is 3.11. The molecule has 2 heterocycles. The number of thioether (sulfide) groups is 1. The van der Waals surface area contributed by atoms with Crippen molar-refractivity contribution in [3.8, 4) is 11.1 Å². The molecule has 0 aliphatic heterocycles. The van der Waals surface area contributed by atoms with Gasteiger partial charge in [-0.05, 0) is 23.5 Å². The van der Waals surface area contributed by atoms with E-state index in [1.807, 2.05) is 5.38 Å². The second-order valence-corrected chi connectivity index (χ2v) is 8.79. The van der Waals surface area contributed by atoms with E-state index >= 15 is 0 Å². The number of unbranched alkanes of at least 4 members (excludes halogenated alkanes) is 1. The summed E-state index contributed by atoms with van der Waals surface area (Å²) in [5.74, 6) is 0.669. The SMILES string of the molecule is CCCCNC(=O)CSc1nc2scc(-c3ccc(C(C)C)cc3)c2c(=O)[nH]1. The second kappa shape index (κ2) is 9.39. The first-order valence-corrected chi connectivity index (χ1v) is 11.4. The molecule has 0 aliphatic carbocycles. The van der Waals surface area contributed by atoms with Crippen LogP contribution in [0.1, 0.15) is 45.1 Å². The third kappa shape index (κ3) is 4.83. The van der Waals surface area contributed by atoms with E-state index < -0.39 is 0 Å². The predicted molar refractivity (Wildman–Crippen MR) is 118 cm³/mol. The van der Waals surface area contributed by atoms with Gasteiger partial charge in [-0.25, -0.2) is 4.98 Å². The molecule has 3 rings (SSSR count). The number of fused-ring (bicyclic) bond motifs is 1. The van der Waals surface area contributed by atoms with Crippen molar-refractivity contribution in [2.45, 2.75) is 44.7 Å². The van der Waals surface area contributed by atoms with Crippen molar-refractivity contribution in [2.24, 2.45) is 0 Å². The summed E-state index contributed by atoms with van der Waals surface area (Å²) in [7, 11) is 0. The number of hydrogen-bond donors (Lipinski definition) is 2. The molecule has 0 saturated carbocycles. The van der Waals surface area contributed by atoms with Gasteiger partial charge < -0.3 is 10.3 Å².